The second kappa shape index (κ2) is 7.40. The summed E-state index contributed by atoms with van der Waals surface area (Å²) < 4.78 is 56.7. The van der Waals surface area contributed by atoms with E-state index < -0.39 is 29.5 Å². The van der Waals surface area contributed by atoms with Gasteiger partial charge in [-0.25, -0.2) is 14.4 Å². The number of carbonyl (C=O) groups excluding carboxylic acids is 1. The van der Waals surface area contributed by atoms with Crippen LogP contribution in [0.5, 0.6) is 0 Å². The fourth-order valence-corrected chi connectivity index (χ4v) is 5.80. The molecular formula is C25H21F4N5O. The molecule has 2 aromatic carbocycles. The molecule has 6 nitrogen and oxygen atoms in total. The number of amides is 1. The average molecular weight is 483 g/mol. The predicted molar refractivity (Wildman–Crippen MR) is 121 cm³/mol. The molecule has 2 aromatic heterocycles. The highest BCUT2D eigenvalue weighted by molar-refractivity contribution is 5.99. The van der Waals surface area contributed by atoms with E-state index in [1.807, 2.05) is 6.92 Å². The van der Waals surface area contributed by atoms with Crippen molar-refractivity contribution in [1.82, 2.24) is 19.3 Å². The minimum atomic E-state index is -4.43. The van der Waals surface area contributed by atoms with Gasteiger partial charge in [-0.1, -0.05) is 13.0 Å². The first kappa shape index (κ1) is 21.8. The maximum Gasteiger partial charge on any atom is 0.416 e. The van der Waals surface area contributed by atoms with Crippen LogP contribution in [0.2, 0.25) is 0 Å². The van der Waals surface area contributed by atoms with Gasteiger partial charge in [0.2, 0.25) is 0 Å². The topological polar surface area (TPSA) is 76.5 Å². The van der Waals surface area contributed by atoms with Crippen molar-refractivity contribution in [3.8, 4) is 0 Å². The lowest BCUT2D eigenvalue weighted by molar-refractivity contribution is -0.137. The number of piperidine rings is 1. The van der Waals surface area contributed by atoms with Gasteiger partial charge in [0.1, 0.15) is 17.2 Å². The number of hydrogen-bond donors (Lipinski definition) is 1. The van der Waals surface area contributed by atoms with Crippen molar-refractivity contribution in [2.75, 3.05) is 12.3 Å². The Labute approximate surface area is 197 Å². The molecule has 1 aliphatic carbocycles. The van der Waals surface area contributed by atoms with Crippen LogP contribution in [0.15, 0.2) is 42.9 Å². The van der Waals surface area contributed by atoms with Crippen molar-refractivity contribution in [3.63, 3.8) is 0 Å². The van der Waals surface area contributed by atoms with Crippen molar-refractivity contribution in [2.45, 2.75) is 32.0 Å². The van der Waals surface area contributed by atoms with Gasteiger partial charge < -0.3 is 10.6 Å². The smallest absolute Gasteiger partial charge is 0.382 e. The van der Waals surface area contributed by atoms with Crippen LogP contribution in [-0.2, 0) is 12.6 Å². The maximum atomic E-state index is 15.2. The number of fused-ring (bicyclic) bond motifs is 6. The van der Waals surface area contributed by atoms with Crippen LogP contribution in [-0.4, -0.2) is 31.7 Å². The number of anilines is 1. The molecule has 0 spiro atoms. The van der Waals surface area contributed by atoms with E-state index in [4.69, 9.17) is 5.73 Å². The van der Waals surface area contributed by atoms with Crippen LogP contribution in [0.3, 0.4) is 0 Å². The third-order valence-electron chi connectivity index (χ3n) is 7.22. The number of rotatable bonds is 1. The summed E-state index contributed by atoms with van der Waals surface area (Å²) in [5, 5.41) is 0. The van der Waals surface area contributed by atoms with Gasteiger partial charge in [-0.3, -0.25) is 9.20 Å². The largest absolute Gasteiger partial charge is 0.416 e. The minimum Gasteiger partial charge on any atom is -0.382 e. The molecule has 35 heavy (non-hydrogen) atoms. The number of imidazole rings is 1. The molecule has 10 heteroatoms. The normalized spacial score (nSPS) is 22.0. The van der Waals surface area contributed by atoms with Gasteiger partial charge >= 0.3 is 6.18 Å². The number of carbonyl (C=O) groups is 1. The maximum absolute atomic E-state index is 15.2. The molecule has 180 valence electrons. The van der Waals surface area contributed by atoms with E-state index in [-0.39, 0.29) is 28.7 Å². The molecule has 0 radical (unpaired) electrons. The quantitative estimate of drug-likeness (QED) is 0.386. The summed E-state index contributed by atoms with van der Waals surface area (Å²) in [6, 6.07) is 5.95. The molecule has 0 saturated carbocycles. The van der Waals surface area contributed by atoms with Crippen molar-refractivity contribution < 1.29 is 22.4 Å². The summed E-state index contributed by atoms with van der Waals surface area (Å²) in [5.41, 5.74) is 7.75. The molecule has 1 fully saturated rings. The Morgan fingerprint density at radius 1 is 1.17 bits per heavy atom. The fraction of sp³-hybridized carbons (Fsp3) is 0.320. The molecule has 6 rings (SSSR count). The molecule has 1 saturated heterocycles. The number of nitrogens with two attached hydrogens (primary N) is 1. The lowest BCUT2D eigenvalue weighted by Gasteiger charge is -2.41. The third kappa shape index (κ3) is 3.34. The summed E-state index contributed by atoms with van der Waals surface area (Å²) in [7, 11) is 0. The zero-order valence-corrected chi connectivity index (χ0v) is 18.7. The number of halogens is 4. The van der Waals surface area contributed by atoms with E-state index in [1.54, 1.807) is 9.30 Å². The minimum absolute atomic E-state index is 0.0217. The number of nitrogen functional groups attached to an aromatic ring is 1. The van der Waals surface area contributed by atoms with Crippen LogP contribution < -0.4 is 5.73 Å². The number of benzene rings is 2. The van der Waals surface area contributed by atoms with Crippen LogP contribution in [0, 0.1) is 17.7 Å². The molecule has 0 bridgehead atoms. The highest BCUT2D eigenvalue weighted by Gasteiger charge is 2.44. The first-order valence-electron chi connectivity index (χ1n) is 11.3. The Balaban J connectivity index is 1.44. The second-order valence-electron chi connectivity index (χ2n) is 9.59. The standard InChI is InChI=1S/C25H21F4N5O/c1-12-4-14-5-13-6-15(25(27,28)29)2-3-16(13)22(14)33(10-12)24(35)17-7-20-19(8-18(17)26)32-23(30)21-9-31-11-34(20)21/h2-3,6-9,11-12,14,22H,4-5,10H2,1H3,(H2,30,32). The van der Waals surface area contributed by atoms with Crippen LogP contribution in [0.4, 0.5) is 23.4 Å². The van der Waals surface area contributed by atoms with Crippen LogP contribution >= 0.6 is 0 Å². The summed E-state index contributed by atoms with van der Waals surface area (Å²) in [6.45, 7) is 2.39. The van der Waals surface area contributed by atoms with Gasteiger partial charge in [-0.15, -0.1) is 0 Å². The van der Waals surface area contributed by atoms with E-state index in [0.717, 1.165) is 12.5 Å². The number of aromatic nitrogens is 3. The Morgan fingerprint density at radius 3 is 2.74 bits per heavy atom. The van der Waals surface area contributed by atoms with E-state index in [1.165, 1.54) is 36.8 Å². The lowest BCUT2D eigenvalue weighted by Crippen LogP contribution is -2.44. The number of nitrogens with zero attached hydrogens (tertiary/aromatic N) is 4. The van der Waals surface area contributed by atoms with Gasteiger partial charge in [-0.05, 0) is 54.0 Å². The van der Waals surface area contributed by atoms with E-state index >= 15 is 4.39 Å². The first-order valence-corrected chi connectivity index (χ1v) is 11.3. The van der Waals surface area contributed by atoms with E-state index in [0.29, 0.717) is 35.1 Å². The summed E-state index contributed by atoms with van der Waals surface area (Å²) in [4.78, 5) is 23.7. The molecule has 3 atom stereocenters. The monoisotopic (exact) mass is 483 g/mol. The SMILES string of the molecule is CC1CC2Cc3cc(C(F)(F)F)ccc3C2N(C(=O)c2cc3c(cc2F)nc(N)c2cncn23)C1. The highest BCUT2D eigenvalue weighted by Crippen LogP contribution is 2.48. The van der Waals surface area contributed by atoms with Gasteiger partial charge in [0, 0.05) is 12.6 Å². The van der Waals surface area contributed by atoms with Gasteiger partial charge in [0.25, 0.3) is 5.91 Å². The van der Waals surface area contributed by atoms with Crippen LogP contribution in [0.25, 0.3) is 16.6 Å². The zero-order chi connectivity index (χ0) is 24.6. The third-order valence-corrected chi connectivity index (χ3v) is 7.22. The second-order valence-corrected chi connectivity index (χ2v) is 9.59. The zero-order valence-electron chi connectivity index (χ0n) is 18.7. The Bertz CT molecular complexity index is 1510. The first-order chi connectivity index (χ1) is 16.6. The van der Waals surface area contributed by atoms with Crippen molar-refractivity contribution in [2.24, 2.45) is 11.8 Å². The Kier molecular flexibility index (Phi) is 4.61. The summed E-state index contributed by atoms with van der Waals surface area (Å²) in [6.07, 6.45) is -0.142. The van der Waals surface area contributed by atoms with Crippen molar-refractivity contribution >= 4 is 28.3 Å². The summed E-state index contributed by atoms with van der Waals surface area (Å²) in [5.74, 6) is -0.923. The summed E-state index contributed by atoms with van der Waals surface area (Å²) >= 11 is 0. The van der Waals surface area contributed by atoms with Crippen molar-refractivity contribution in [1.29, 1.82) is 0 Å². The molecular weight excluding hydrogens is 462 g/mol. The van der Waals surface area contributed by atoms with Crippen LogP contribution in [0.1, 0.15) is 46.4 Å². The van der Waals surface area contributed by atoms with E-state index in [2.05, 4.69) is 9.97 Å². The van der Waals surface area contributed by atoms with Gasteiger partial charge in [0.05, 0.1) is 40.7 Å². The molecule has 2 aliphatic rings. The van der Waals surface area contributed by atoms with E-state index in [9.17, 15) is 18.0 Å². The molecule has 2 N–H and O–H groups in total. The van der Waals surface area contributed by atoms with Crippen molar-refractivity contribution in [3.05, 3.63) is 70.9 Å². The lowest BCUT2D eigenvalue weighted by atomic mass is 9.84. The Hall–Kier alpha value is -3.69. The van der Waals surface area contributed by atoms with Gasteiger partial charge in [-0.2, -0.15) is 13.2 Å². The molecule has 3 unspecified atom stereocenters. The number of alkyl halides is 3. The fourth-order valence-electron chi connectivity index (χ4n) is 5.80. The number of hydrogen-bond acceptors (Lipinski definition) is 4. The average Bonchev–Trinajstić information content (AvgIpc) is 3.42. The molecule has 1 amide bonds. The van der Waals surface area contributed by atoms with Gasteiger partial charge in [0.15, 0.2) is 0 Å². The highest BCUT2D eigenvalue weighted by atomic mass is 19.4. The predicted octanol–water partition coefficient (Wildman–Crippen LogP) is 5.02. The Morgan fingerprint density at radius 2 is 1.97 bits per heavy atom. The number of likely N-dealkylation sites (tertiary alicyclic amines) is 1. The molecule has 1 aliphatic heterocycles. The molecule has 4 aromatic rings. The molecule has 3 heterocycles.